The molecule has 0 atom stereocenters. The lowest BCUT2D eigenvalue weighted by atomic mass is 9.98. The van der Waals surface area contributed by atoms with Gasteiger partial charge in [-0.15, -0.1) is 0 Å². The van der Waals surface area contributed by atoms with Crippen molar-refractivity contribution in [2.24, 2.45) is 0 Å². The molecule has 0 aliphatic rings. The predicted molar refractivity (Wildman–Crippen MR) is 81.8 cm³/mol. The third-order valence-corrected chi connectivity index (χ3v) is 3.30. The Kier molecular flexibility index (Phi) is 4.21. The number of carbonyl (C=O) groups is 1. The standard InChI is InChI=1S/C16H18FN3O/c1-9(2)12-6-4-5-10(3)14(12)20-16(21)13-7-11(17)8-19-15(13)18/h4-9H,1-3H3,(H2,18,19)(H,20,21). The monoisotopic (exact) mass is 287 g/mol. The average Bonchev–Trinajstić information content (AvgIpc) is 2.43. The highest BCUT2D eigenvalue weighted by atomic mass is 19.1. The van der Waals surface area contributed by atoms with Crippen LogP contribution in [0.15, 0.2) is 30.5 Å². The predicted octanol–water partition coefficient (Wildman–Crippen LogP) is 3.49. The van der Waals surface area contributed by atoms with Gasteiger partial charge in [-0.2, -0.15) is 0 Å². The highest BCUT2D eigenvalue weighted by Gasteiger charge is 2.16. The molecule has 0 spiro atoms. The van der Waals surface area contributed by atoms with Gasteiger partial charge in [0.05, 0.1) is 11.8 Å². The van der Waals surface area contributed by atoms with E-state index in [1.54, 1.807) is 0 Å². The molecule has 0 saturated heterocycles. The van der Waals surface area contributed by atoms with Gasteiger partial charge in [-0.1, -0.05) is 32.0 Å². The second kappa shape index (κ2) is 5.91. The second-order valence-electron chi connectivity index (χ2n) is 5.23. The number of anilines is 2. The van der Waals surface area contributed by atoms with Gasteiger partial charge < -0.3 is 11.1 Å². The Balaban J connectivity index is 2.38. The minimum atomic E-state index is -0.594. The van der Waals surface area contributed by atoms with E-state index >= 15 is 0 Å². The molecule has 110 valence electrons. The lowest BCUT2D eigenvalue weighted by Gasteiger charge is -2.16. The van der Waals surface area contributed by atoms with Crippen molar-refractivity contribution in [1.82, 2.24) is 4.98 Å². The van der Waals surface area contributed by atoms with E-state index < -0.39 is 11.7 Å². The van der Waals surface area contributed by atoms with Crippen LogP contribution in [0.5, 0.6) is 0 Å². The maximum absolute atomic E-state index is 13.2. The summed E-state index contributed by atoms with van der Waals surface area (Å²) in [6.45, 7) is 6.00. The third-order valence-electron chi connectivity index (χ3n) is 3.30. The molecule has 0 fully saturated rings. The molecule has 0 saturated carbocycles. The lowest BCUT2D eigenvalue weighted by molar-refractivity contribution is 0.102. The summed E-state index contributed by atoms with van der Waals surface area (Å²) in [5, 5.41) is 2.82. The van der Waals surface area contributed by atoms with E-state index in [0.717, 1.165) is 29.1 Å². The minimum absolute atomic E-state index is 0.00795. The lowest BCUT2D eigenvalue weighted by Crippen LogP contribution is -2.17. The van der Waals surface area contributed by atoms with Crippen LogP contribution >= 0.6 is 0 Å². The van der Waals surface area contributed by atoms with E-state index in [1.807, 2.05) is 39.0 Å². The third kappa shape index (κ3) is 3.18. The van der Waals surface area contributed by atoms with Crippen molar-refractivity contribution >= 4 is 17.4 Å². The number of nitrogen functional groups attached to an aromatic ring is 1. The van der Waals surface area contributed by atoms with Gasteiger partial charge in [-0.05, 0) is 30.0 Å². The Morgan fingerprint density at radius 3 is 2.76 bits per heavy atom. The van der Waals surface area contributed by atoms with E-state index in [-0.39, 0.29) is 17.3 Å². The van der Waals surface area contributed by atoms with Crippen molar-refractivity contribution in [1.29, 1.82) is 0 Å². The van der Waals surface area contributed by atoms with Crippen LogP contribution in [0.1, 0.15) is 41.3 Å². The van der Waals surface area contributed by atoms with Crippen molar-refractivity contribution in [2.45, 2.75) is 26.7 Å². The molecule has 2 rings (SSSR count). The smallest absolute Gasteiger partial charge is 0.259 e. The molecule has 0 aliphatic carbocycles. The molecule has 1 aromatic carbocycles. The molecule has 3 N–H and O–H groups in total. The molecule has 0 bridgehead atoms. The van der Waals surface area contributed by atoms with Crippen LogP contribution in [0.2, 0.25) is 0 Å². The van der Waals surface area contributed by atoms with Gasteiger partial charge in [0.15, 0.2) is 0 Å². The molecule has 21 heavy (non-hydrogen) atoms. The first kappa shape index (κ1) is 15.0. The number of rotatable bonds is 3. The molecular formula is C16H18FN3O. The Hall–Kier alpha value is -2.43. The van der Waals surface area contributed by atoms with Crippen LogP contribution in [-0.4, -0.2) is 10.9 Å². The van der Waals surface area contributed by atoms with Crippen LogP contribution in [-0.2, 0) is 0 Å². The zero-order valence-electron chi connectivity index (χ0n) is 12.3. The fourth-order valence-electron chi connectivity index (χ4n) is 2.15. The maximum Gasteiger partial charge on any atom is 0.259 e. The largest absolute Gasteiger partial charge is 0.383 e. The molecule has 0 radical (unpaired) electrons. The zero-order chi connectivity index (χ0) is 15.6. The first-order valence-corrected chi connectivity index (χ1v) is 6.72. The van der Waals surface area contributed by atoms with Crippen LogP contribution in [0.25, 0.3) is 0 Å². The van der Waals surface area contributed by atoms with Gasteiger partial charge in [0.1, 0.15) is 11.6 Å². The maximum atomic E-state index is 13.2. The molecule has 2 aromatic rings. The van der Waals surface area contributed by atoms with Crippen molar-refractivity contribution in [3.05, 3.63) is 53.0 Å². The number of aromatic nitrogens is 1. The first-order valence-electron chi connectivity index (χ1n) is 6.72. The van der Waals surface area contributed by atoms with Crippen molar-refractivity contribution in [3.8, 4) is 0 Å². The zero-order valence-corrected chi connectivity index (χ0v) is 12.3. The van der Waals surface area contributed by atoms with E-state index in [9.17, 15) is 9.18 Å². The Morgan fingerprint density at radius 2 is 2.10 bits per heavy atom. The van der Waals surface area contributed by atoms with Crippen LogP contribution in [0, 0.1) is 12.7 Å². The topological polar surface area (TPSA) is 68.0 Å². The van der Waals surface area contributed by atoms with Gasteiger partial charge >= 0.3 is 0 Å². The summed E-state index contributed by atoms with van der Waals surface area (Å²) in [5.74, 6) is -0.796. The number of pyridine rings is 1. The van der Waals surface area contributed by atoms with Gasteiger partial charge in [0.25, 0.3) is 5.91 Å². The van der Waals surface area contributed by atoms with Crippen LogP contribution < -0.4 is 11.1 Å². The number of benzene rings is 1. The summed E-state index contributed by atoms with van der Waals surface area (Å²) < 4.78 is 13.2. The summed E-state index contributed by atoms with van der Waals surface area (Å²) in [7, 11) is 0. The average molecular weight is 287 g/mol. The molecular weight excluding hydrogens is 269 g/mol. The van der Waals surface area contributed by atoms with E-state index in [2.05, 4.69) is 10.3 Å². The Labute approximate surface area is 123 Å². The minimum Gasteiger partial charge on any atom is -0.383 e. The van der Waals surface area contributed by atoms with Crippen LogP contribution in [0.3, 0.4) is 0 Å². The van der Waals surface area contributed by atoms with Gasteiger partial charge in [-0.3, -0.25) is 4.79 Å². The summed E-state index contributed by atoms with van der Waals surface area (Å²) in [6.07, 6.45) is 0.986. The SMILES string of the molecule is Cc1cccc(C(C)C)c1NC(=O)c1cc(F)cnc1N. The molecule has 1 amide bonds. The number of nitrogens with two attached hydrogens (primary N) is 1. The quantitative estimate of drug-likeness (QED) is 0.908. The molecule has 1 heterocycles. The summed E-state index contributed by atoms with van der Waals surface area (Å²) in [6, 6.07) is 6.90. The number of halogens is 1. The molecule has 0 aliphatic heterocycles. The molecule has 1 aromatic heterocycles. The van der Waals surface area contributed by atoms with E-state index in [1.165, 1.54) is 0 Å². The molecule has 0 unspecified atom stereocenters. The number of para-hydroxylation sites is 1. The van der Waals surface area contributed by atoms with Gasteiger partial charge in [0, 0.05) is 5.69 Å². The van der Waals surface area contributed by atoms with Crippen LogP contribution in [0.4, 0.5) is 15.9 Å². The number of aryl methyl sites for hydroxylation is 1. The Bertz CT molecular complexity index is 683. The highest BCUT2D eigenvalue weighted by Crippen LogP contribution is 2.28. The number of nitrogens with one attached hydrogen (secondary N) is 1. The second-order valence-corrected chi connectivity index (χ2v) is 5.23. The van der Waals surface area contributed by atoms with Gasteiger partial charge in [-0.25, -0.2) is 9.37 Å². The fraction of sp³-hybridized carbons (Fsp3) is 0.250. The summed E-state index contributed by atoms with van der Waals surface area (Å²) >= 11 is 0. The number of carbonyl (C=O) groups excluding carboxylic acids is 1. The van der Waals surface area contributed by atoms with Crippen molar-refractivity contribution in [3.63, 3.8) is 0 Å². The molecule has 5 heteroatoms. The number of amides is 1. The normalized spacial score (nSPS) is 10.7. The van der Waals surface area contributed by atoms with E-state index in [4.69, 9.17) is 5.73 Å². The number of hydrogen-bond donors (Lipinski definition) is 2. The van der Waals surface area contributed by atoms with Gasteiger partial charge in [0.2, 0.25) is 0 Å². The number of hydrogen-bond acceptors (Lipinski definition) is 3. The Morgan fingerprint density at radius 1 is 1.38 bits per heavy atom. The fourth-order valence-corrected chi connectivity index (χ4v) is 2.15. The first-order chi connectivity index (χ1) is 9.90. The summed E-state index contributed by atoms with van der Waals surface area (Å²) in [4.78, 5) is 16.0. The van der Waals surface area contributed by atoms with Crippen molar-refractivity contribution in [2.75, 3.05) is 11.1 Å². The highest BCUT2D eigenvalue weighted by molar-refractivity contribution is 6.07. The van der Waals surface area contributed by atoms with E-state index in [0.29, 0.717) is 0 Å². The summed E-state index contributed by atoms with van der Waals surface area (Å²) in [5.41, 5.74) is 8.38. The van der Waals surface area contributed by atoms with Crippen molar-refractivity contribution < 1.29 is 9.18 Å². The molecule has 4 nitrogen and oxygen atoms in total. The number of nitrogens with zero attached hydrogens (tertiary/aromatic N) is 1.